The predicted octanol–water partition coefficient (Wildman–Crippen LogP) is 1.42. The number of piperidine rings is 1. The first kappa shape index (κ1) is 17.2. The quantitative estimate of drug-likeness (QED) is 0.642. The first-order chi connectivity index (χ1) is 11.1. The lowest BCUT2D eigenvalue weighted by atomic mass is 10.1. The number of hydrogen-bond donors (Lipinski definition) is 2. The van der Waals surface area contributed by atoms with Crippen LogP contribution in [0, 0.1) is 0 Å². The average Bonchev–Trinajstić information content (AvgIpc) is 2.56. The number of ether oxygens (including phenoxy) is 2. The summed E-state index contributed by atoms with van der Waals surface area (Å²) in [6, 6.07) is 9.24. The number of benzene rings is 1. The number of amides is 1. The standard InChI is InChI=1S/C16H24N4O3/c1-2-22-14-13(17)9-6-10-20(14)15(18)19-16(21)23-11-12-7-4-3-5-8-12/h3-5,7-8,13-14H,2,6,9-11,17H2,1H3,(H2,18,19,21). The molecule has 1 aliphatic heterocycles. The summed E-state index contributed by atoms with van der Waals surface area (Å²) in [4.78, 5) is 17.4. The first-order valence-electron chi connectivity index (χ1n) is 7.80. The molecule has 1 heterocycles. The minimum atomic E-state index is -0.722. The fraction of sp³-hybridized carbons (Fsp3) is 0.500. The van der Waals surface area contributed by atoms with E-state index in [1.54, 1.807) is 4.90 Å². The van der Waals surface area contributed by atoms with Gasteiger partial charge in [-0.1, -0.05) is 30.3 Å². The molecule has 0 radical (unpaired) electrons. The number of hydrogen-bond acceptors (Lipinski definition) is 4. The molecule has 1 aromatic rings. The fourth-order valence-electron chi connectivity index (χ4n) is 2.54. The average molecular weight is 320 g/mol. The number of likely N-dealkylation sites (tertiary alicyclic amines) is 1. The summed E-state index contributed by atoms with van der Waals surface area (Å²) >= 11 is 0. The Labute approximate surface area is 136 Å². The topological polar surface area (TPSA) is 103 Å². The molecule has 4 N–H and O–H groups in total. The van der Waals surface area contributed by atoms with Crippen LogP contribution in [0.15, 0.2) is 35.3 Å². The monoisotopic (exact) mass is 320 g/mol. The molecule has 2 atom stereocenters. The summed E-state index contributed by atoms with van der Waals surface area (Å²) < 4.78 is 10.7. The molecule has 0 spiro atoms. The Morgan fingerprint density at radius 1 is 1.39 bits per heavy atom. The highest BCUT2D eigenvalue weighted by Crippen LogP contribution is 2.17. The minimum Gasteiger partial charge on any atom is -0.443 e. The number of nitrogens with two attached hydrogens (primary N) is 2. The van der Waals surface area contributed by atoms with Gasteiger partial charge >= 0.3 is 6.09 Å². The van der Waals surface area contributed by atoms with Gasteiger partial charge in [0.2, 0.25) is 5.96 Å². The Bertz CT molecular complexity index is 535. The second-order valence-electron chi connectivity index (χ2n) is 5.36. The Balaban J connectivity index is 1.95. The van der Waals surface area contributed by atoms with E-state index in [0.29, 0.717) is 13.2 Å². The Morgan fingerprint density at radius 3 is 2.83 bits per heavy atom. The molecule has 0 saturated carbocycles. The predicted molar refractivity (Wildman–Crippen MR) is 87.6 cm³/mol. The van der Waals surface area contributed by atoms with Crippen molar-refractivity contribution in [1.29, 1.82) is 0 Å². The zero-order valence-corrected chi connectivity index (χ0v) is 13.4. The maximum Gasteiger partial charge on any atom is 0.437 e. The minimum absolute atomic E-state index is 0.0802. The maximum absolute atomic E-state index is 11.8. The SMILES string of the molecule is CCOC1C(N)CCCN1/C(N)=N/C(=O)OCc1ccccc1. The van der Waals surface area contributed by atoms with Crippen LogP contribution in [0.5, 0.6) is 0 Å². The highest BCUT2D eigenvalue weighted by Gasteiger charge is 2.31. The van der Waals surface area contributed by atoms with E-state index >= 15 is 0 Å². The van der Waals surface area contributed by atoms with Gasteiger partial charge in [-0.15, -0.1) is 4.99 Å². The van der Waals surface area contributed by atoms with Crippen LogP contribution in [0.3, 0.4) is 0 Å². The molecule has 7 heteroatoms. The summed E-state index contributed by atoms with van der Waals surface area (Å²) in [5.74, 6) is 0.0802. The van der Waals surface area contributed by atoms with Gasteiger partial charge in [0.25, 0.3) is 0 Å². The summed E-state index contributed by atoms with van der Waals surface area (Å²) in [7, 11) is 0. The number of carbonyl (C=O) groups excluding carboxylic acids is 1. The molecule has 1 fully saturated rings. The van der Waals surface area contributed by atoms with Crippen molar-refractivity contribution >= 4 is 12.1 Å². The van der Waals surface area contributed by atoms with Gasteiger partial charge in [0.1, 0.15) is 12.8 Å². The Morgan fingerprint density at radius 2 is 2.13 bits per heavy atom. The molecule has 23 heavy (non-hydrogen) atoms. The van der Waals surface area contributed by atoms with Crippen molar-refractivity contribution in [2.75, 3.05) is 13.2 Å². The molecule has 1 aliphatic rings. The summed E-state index contributed by atoms with van der Waals surface area (Å²) in [6.45, 7) is 3.21. The van der Waals surface area contributed by atoms with Crippen molar-refractivity contribution in [3.05, 3.63) is 35.9 Å². The lowest BCUT2D eigenvalue weighted by molar-refractivity contribution is -0.0537. The van der Waals surface area contributed by atoms with Crippen molar-refractivity contribution in [2.45, 2.75) is 38.6 Å². The van der Waals surface area contributed by atoms with Crippen molar-refractivity contribution in [3.8, 4) is 0 Å². The lowest BCUT2D eigenvalue weighted by Crippen LogP contribution is -2.57. The van der Waals surface area contributed by atoms with Crippen LogP contribution in [0.2, 0.25) is 0 Å². The fourth-order valence-corrected chi connectivity index (χ4v) is 2.54. The first-order valence-corrected chi connectivity index (χ1v) is 7.80. The van der Waals surface area contributed by atoms with E-state index in [1.807, 2.05) is 37.3 Å². The van der Waals surface area contributed by atoms with Gasteiger partial charge in [0, 0.05) is 19.2 Å². The van der Waals surface area contributed by atoms with Gasteiger partial charge in [-0.2, -0.15) is 0 Å². The molecule has 0 aromatic heterocycles. The molecule has 126 valence electrons. The summed E-state index contributed by atoms with van der Waals surface area (Å²) in [5, 5.41) is 0. The molecule has 1 amide bonds. The van der Waals surface area contributed by atoms with E-state index in [2.05, 4.69) is 4.99 Å². The number of carbonyl (C=O) groups is 1. The number of aliphatic imine (C=N–C) groups is 1. The third kappa shape index (κ3) is 4.94. The van der Waals surface area contributed by atoms with Gasteiger partial charge in [-0.3, -0.25) is 0 Å². The van der Waals surface area contributed by atoms with Gasteiger partial charge < -0.3 is 25.8 Å². The highest BCUT2D eigenvalue weighted by molar-refractivity contribution is 5.89. The number of guanidine groups is 1. The van der Waals surface area contributed by atoms with Crippen LogP contribution in [-0.2, 0) is 16.1 Å². The third-order valence-electron chi connectivity index (χ3n) is 3.65. The van der Waals surface area contributed by atoms with Crippen molar-refractivity contribution in [3.63, 3.8) is 0 Å². The van der Waals surface area contributed by atoms with Gasteiger partial charge in [0.15, 0.2) is 0 Å². The number of rotatable bonds is 4. The zero-order valence-electron chi connectivity index (χ0n) is 13.4. The number of nitrogens with zero attached hydrogens (tertiary/aromatic N) is 2. The van der Waals surface area contributed by atoms with Gasteiger partial charge in [0.05, 0.1) is 0 Å². The van der Waals surface area contributed by atoms with Gasteiger partial charge in [-0.25, -0.2) is 4.79 Å². The van der Waals surface area contributed by atoms with Crippen molar-refractivity contribution < 1.29 is 14.3 Å². The van der Waals surface area contributed by atoms with Crippen LogP contribution in [-0.4, -0.2) is 42.4 Å². The molecule has 2 unspecified atom stereocenters. The van der Waals surface area contributed by atoms with Crippen LogP contribution in [0.4, 0.5) is 4.79 Å². The second-order valence-corrected chi connectivity index (χ2v) is 5.36. The molecule has 7 nitrogen and oxygen atoms in total. The molecule has 2 rings (SSSR count). The lowest BCUT2D eigenvalue weighted by Gasteiger charge is -2.39. The van der Waals surface area contributed by atoms with E-state index in [1.165, 1.54) is 0 Å². The Kier molecular flexibility index (Phi) is 6.37. The largest absolute Gasteiger partial charge is 0.443 e. The molecular formula is C16H24N4O3. The summed E-state index contributed by atoms with van der Waals surface area (Å²) in [6.07, 6.45) is 0.646. The van der Waals surface area contributed by atoms with Crippen LogP contribution in [0.25, 0.3) is 0 Å². The van der Waals surface area contributed by atoms with E-state index < -0.39 is 6.09 Å². The molecule has 1 saturated heterocycles. The Hall–Kier alpha value is -2.12. The van der Waals surface area contributed by atoms with E-state index in [0.717, 1.165) is 18.4 Å². The maximum atomic E-state index is 11.8. The van der Waals surface area contributed by atoms with E-state index in [4.69, 9.17) is 20.9 Å². The van der Waals surface area contributed by atoms with Crippen molar-refractivity contribution in [2.24, 2.45) is 16.5 Å². The smallest absolute Gasteiger partial charge is 0.437 e. The molecule has 1 aromatic carbocycles. The highest BCUT2D eigenvalue weighted by atomic mass is 16.5. The van der Waals surface area contributed by atoms with Crippen LogP contribution in [0.1, 0.15) is 25.3 Å². The molecule has 0 aliphatic carbocycles. The molecule has 0 bridgehead atoms. The van der Waals surface area contributed by atoms with E-state index in [9.17, 15) is 4.79 Å². The normalized spacial score (nSPS) is 22.0. The zero-order chi connectivity index (χ0) is 16.7. The molecular weight excluding hydrogens is 296 g/mol. The van der Waals surface area contributed by atoms with Gasteiger partial charge in [-0.05, 0) is 25.3 Å². The van der Waals surface area contributed by atoms with Crippen LogP contribution >= 0.6 is 0 Å². The van der Waals surface area contributed by atoms with Crippen LogP contribution < -0.4 is 11.5 Å². The second kappa shape index (κ2) is 8.50. The third-order valence-corrected chi connectivity index (χ3v) is 3.65. The van der Waals surface area contributed by atoms with E-state index in [-0.39, 0.29) is 24.8 Å². The van der Waals surface area contributed by atoms with Crippen molar-refractivity contribution in [1.82, 2.24) is 4.90 Å². The summed E-state index contributed by atoms with van der Waals surface area (Å²) in [5.41, 5.74) is 12.9.